The summed E-state index contributed by atoms with van der Waals surface area (Å²) in [5, 5.41) is 2.10. The van der Waals surface area contributed by atoms with Gasteiger partial charge in [-0.05, 0) is 63.4 Å². The first-order valence-electron chi connectivity index (χ1n) is 11.1. The third-order valence-corrected chi connectivity index (χ3v) is 6.19. The fourth-order valence-corrected chi connectivity index (χ4v) is 4.42. The lowest BCUT2D eigenvalue weighted by atomic mass is 9.93. The van der Waals surface area contributed by atoms with Crippen molar-refractivity contribution in [1.29, 1.82) is 0 Å². The number of nitrogens with zero attached hydrogens (tertiary/aromatic N) is 1. The number of para-hydroxylation sites is 2. The number of benzene rings is 5. The molecule has 0 unspecified atom stereocenters. The van der Waals surface area contributed by atoms with Crippen LogP contribution in [-0.2, 0) is 6.18 Å². The molecule has 1 aromatic heterocycles. The second-order valence-corrected chi connectivity index (χ2v) is 8.35. The summed E-state index contributed by atoms with van der Waals surface area (Å²) in [5.41, 5.74) is 5.49. The van der Waals surface area contributed by atoms with Gasteiger partial charge in [-0.3, -0.25) is 0 Å². The molecule has 5 heteroatoms. The van der Waals surface area contributed by atoms with Gasteiger partial charge in [0.25, 0.3) is 0 Å². The second-order valence-electron chi connectivity index (χ2n) is 8.35. The first-order chi connectivity index (χ1) is 17.0. The molecular formula is C30H18F3NO. The highest BCUT2D eigenvalue weighted by Gasteiger charge is 2.30. The molecular weight excluding hydrogens is 447 g/mol. The zero-order valence-electron chi connectivity index (χ0n) is 18.4. The lowest BCUT2D eigenvalue weighted by Gasteiger charge is -2.11. The van der Waals surface area contributed by atoms with E-state index in [0.29, 0.717) is 5.89 Å². The maximum Gasteiger partial charge on any atom is 0.416 e. The molecule has 0 fully saturated rings. The Morgan fingerprint density at radius 3 is 1.74 bits per heavy atom. The van der Waals surface area contributed by atoms with Gasteiger partial charge < -0.3 is 4.42 Å². The molecule has 0 spiro atoms. The highest BCUT2D eigenvalue weighted by atomic mass is 19.4. The summed E-state index contributed by atoms with van der Waals surface area (Å²) < 4.78 is 44.6. The van der Waals surface area contributed by atoms with Crippen molar-refractivity contribution in [3.63, 3.8) is 0 Å². The molecule has 1 heterocycles. The Kier molecular flexibility index (Phi) is 4.92. The van der Waals surface area contributed by atoms with Crippen molar-refractivity contribution in [2.24, 2.45) is 0 Å². The maximum atomic E-state index is 12.9. The van der Waals surface area contributed by atoms with E-state index >= 15 is 0 Å². The van der Waals surface area contributed by atoms with Crippen LogP contribution in [0.25, 0.3) is 55.6 Å². The topological polar surface area (TPSA) is 26.0 Å². The average Bonchev–Trinajstić information content (AvgIpc) is 3.32. The highest BCUT2D eigenvalue weighted by molar-refractivity contribution is 6.04. The van der Waals surface area contributed by atoms with Crippen LogP contribution in [0.4, 0.5) is 13.2 Å². The highest BCUT2D eigenvalue weighted by Crippen LogP contribution is 2.37. The van der Waals surface area contributed by atoms with Gasteiger partial charge in [0.15, 0.2) is 5.58 Å². The molecule has 0 radical (unpaired) electrons. The molecule has 0 aliphatic heterocycles. The van der Waals surface area contributed by atoms with Gasteiger partial charge in [-0.15, -0.1) is 0 Å². The Labute approximate surface area is 199 Å². The van der Waals surface area contributed by atoms with Crippen molar-refractivity contribution >= 4 is 21.9 Å². The van der Waals surface area contributed by atoms with E-state index in [1.807, 2.05) is 66.7 Å². The molecule has 5 aromatic carbocycles. The van der Waals surface area contributed by atoms with Crippen LogP contribution in [0.1, 0.15) is 5.56 Å². The van der Waals surface area contributed by atoms with Gasteiger partial charge in [0.1, 0.15) is 5.52 Å². The lowest BCUT2D eigenvalue weighted by molar-refractivity contribution is -0.137. The first kappa shape index (κ1) is 21.2. The zero-order valence-corrected chi connectivity index (χ0v) is 18.4. The van der Waals surface area contributed by atoms with Crippen LogP contribution in [0.5, 0.6) is 0 Å². The van der Waals surface area contributed by atoms with Gasteiger partial charge in [-0.2, -0.15) is 13.2 Å². The van der Waals surface area contributed by atoms with E-state index in [-0.39, 0.29) is 0 Å². The SMILES string of the molecule is FC(F)(F)c1ccc(-c2ccc(-c3ccc(-c4nc5ccccc5o4)c4ccccc34)cc2)cc1. The molecule has 0 N–H and O–H groups in total. The average molecular weight is 465 g/mol. The Balaban J connectivity index is 1.39. The van der Waals surface area contributed by atoms with Gasteiger partial charge in [0, 0.05) is 5.56 Å². The van der Waals surface area contributed by atoms with Crippen LogP contribution in [-0.4, -0.2) is 4.98 Å². The standard InChI is InChI=1S/C30H18F3NO/c31-30(32,33)22-15-13-20(14-16-22)19-9-11-21(12-10-19)23-17-18-26(25-6-2-1-5-24(23)25)29-34-27-7-3-4-8-28(27)35-29/h1-18H. The summed E-state index contributed by atoms with van der Waals surface area (Å²) in [6.07, 6.45) is -4.34. The molecule has 170 valence electrons. The number of hydrogen-bond donors (Lipinski definition) is 0. The Bertz CT molecular complexity index is 1630. The number of alkyl halides is 3. The molecule has 0 saturated carbocycles. The molecule has 0 saturated heterocycles. The Morgan fingerprint density at radius 1 is 0.543 bits per heavy atom. The van der Waals surface area contributed by atoms with E-state index in [9.17, 15) is 13.2 Å². The number of fused-ring (bicyclic) bond motifs is 2. The number of oxazole rings is 1. The van der Waals surface area contributed by atoms with Crippen molar-refractivity contribution in [2.75, 3.05) is 0 Å². The largest absolute Gasteiger partial charge is 0.436 e. The third kappa shape index (κ3) is 3.85. The normalized spacial score (nSPS) is 11.9. The van der Waals surface area contributed by atoms with Crippen LogP contribution >= 0.6 is 0 Å². The number of rotatable bonds is 3. The van der Waals surface area contributed by atoms with Crippen LogP contribution in [0.3, 0.4) is 0 Å². The summed E-state index contributed by atoms with van der Waals surface area (Å²) in [6, 6.07) is 33.0. The summed E-state index contributed by atoms with van der Waals surface area (Å²) in [4.78, 5) is 4.66. The number of aromatic nitrogens is 1. The fraction of sp³-hybridized carbons (Fsp3) is 0.0333. The predicted octanol–water partition coefficient (Wildman–Crippen LogP) is 9.00. The summed E-state index contributed by atoms with van der Waals surface area (Å²) in [5.74, 6) is 0.576. The predicted molar refractivity (Wildman–Crippen MR) is 133 cm³/mol. The molecule has 0 amide bonds. The second kappa shape index (κ2) is 8.13. The molecule has 6 aromatic rings. The first-order valence-corrected chi connectivity index (χ1v) is 11.1. The van der Waals surface area contributed by atoms with E-state index in [2.05, 4.69) is 23.2 Å². The summed E-state index contributed by atoms with van der Waals surface area (Å²) in [7, 11) is 0. The minimum atomic E-state index is -4.34. The minimum absolute atomic E-state index is 0.576. The Hall–Kier alpha value is -4.38. The molecule has 0 aliphatic rings. The molecule has 6 rings (SSSR count). The van der Waals surface area contributed by atoms with Crippen LogP contribution in [0, 0.1) is 0 Å². The summed E-state index contributed by atoms with van der Waals surface area (Å²) in [6.45, 7) is 0. The number of halogens is 3. The van der Waals surface area contributed by atoms with Gasteiger partial charge in [-0.1, -0.05) is 78.9 Å². The van der Waals surface area contributed by atoms with Gasteiger partial charge in [-0.25, -0.2) is 4.98 Å². The monoisotopic (exact) mass is 465 g/mol. The van der Waals surface area contributed by atoms with Gasteiger partial charge >= 0.3 is 6.18 Å². The van der Waals surface area contributed by atoms with Crippen LogP contribution in [0.15, 0.2) is 114 Å². The van der Waals surface area contributed by atoms with E-state index in [0.717, 1.165) is 61.8 Å². The van der Waals surface area contributed by atoms with Crippen molar-refractivity contribution < 1.29 is 17.6 Å². The van der Waals surface area contributed by atoms with E-state index in [4.69, 9.17) is 4.42 Å². The molecule has 35 heavy (non-hydrogen) atoms. The zero-order chi connectivity index (χ0) is 24.0. The molecule has 0 bridgehead atoms. The minimum Gasteiger partial charge on any atom is -0.436 e. The van der Waals surface area contributed by atoms with E-state index < -0.39 is 11.7 Å². The summed E-state index contributed by atoms with van der Waals surface area (Å²) >= 11 is 0. The maximum absolute atomic E-state index is 12.9. The van der Waals surface area contributed by atoms with Gasteiger partial charge in [0.05, 0.1) is 5.56 Å². The lowest BCUT2D eigenvalue weighted by Crippen LogP contribution is -2.03. The quantitative estimate of drug-likeness (QED) is 0.261. The Morgan fingerprint density at radius 2 is 1.09 bits per heavy atom. The van der Waals surface area contributed by atoms with Crippen molar-refractivity contribution in [3.05, 3.63) is 115 Å². The van der Waals surface area contributed by atoms with Crippen LogP contribution < -0.4 is 0 Å². The van der Waals surface area contributed by atoms with Gasteiger partial charge in [0.2, 0.25) is 5.89 Å². The van der Waals surface area contributed by atoms with Crippen molar-refractivity contribution in [2.45, 2.75) is 6.18 Å². The fourth-order valence-electron chi connectivity index (χ4n) is 4.42. The smallest absolute Gasteiger partial charge is 0.416 e. The third-order valence-electron chi connectivity index (χ3n) is 6.19. The van der Waals surface area contributed by atoms with Crippen molar-refractivity contribution in [1.82, 2.24) is 4.98 Å². The van der Waals surface area contributed by atoms with Crippen LogP contribution in [0.2, 0.25) is 0 Å². The molecule has 0 atom stereocenters. The van der Waals surface area contributed by atoms with E-state index in [1.165, 1.54) is 12.1 Å². The number of hydrogen-bond acceptors (Lipinski definition) is 2. The molecule has 0 aliphatic carbocycles. The van der Waals surface area contributed by atoms with Crippen molar-refractivity contribution in [3.8, 4) is 33.7 Å². The van der Waals surface area contributed by atoms with E-state index in [1.54, 1.807) is 0 Å². The molecule has 2 nitrogen and oxygen atoms in total.